The number of para-hydroxylation sites is 1. The Hall–Kier alpha value is -5.08. The molecule has 0 radical (unpaired) electrons. The van der Waals surface area contributed by atoms with Gasteiger partial charge < -0.3 is 19.2 Å². The number of fused-ring (bicyclic) bond motifs is 1. The summed E-state index contributed by atoms with van der Waals surface area (Å²) < 4.78 is 16.6. The van der Waals surface area contributed by atoms with Crippen molar-refractivity contribution >= 4 is 40.6 Å². The van der Waals surface area contributed by atoms with Crippen LogP contribution in [0, 0.1) is 0 Å². The van der Waals surface area contributed by atoms with Gasteiger partial charge in [0.25, 0.3) is 5.91 Å². The van der Waals surface area contributed by atoms with Crippen LogP contribution in [0.5, 0.6) is 17.2 Å². The molecule has 206 valence electrons. The Labute approximate surface area is 241 Å². The van der Waals surface area contributed by atoms with Crippen LogP contribution >= 0.6 is 11.6 Å². The Balaban J connectivity index is 1.35. The van der Waals surface area contributed by atoms with Gasteiger partial charge in [0.15, 0.2) is 11.5 Å². The summed E-state index contributed by atoms with van der Waals surface area (Å²) in [5.74, 6) is -0.152. The lowest BCUT2D eigenvalue weighted by atomic mass is 10.0. The van der Waals surface area contributed by atoms with E-state index in [9.17, 15) is 9.59 Å². The Bertz CT molecular complexity index is 1750. The number of methoxy groups -OCH3 is 1. The summed E-state index contributed by atoms with van der Waals surface area (Å²) in [6.45, 7) is 2.16. The second-order valence-corrected chi connectivity index (χ2v) is 9.30. The van der Waals surface area contributed by atoms with Crippen molar-refractivity contribution < 1.29 is 23.8 Å². The van der Waals surface area contributed by atoms with Crippen LogP contribution in [0.4, 0.5) is 0 Å². The average Bonchev–Trinajstić information content (AvgIpc) is 3.39. The van der Waals surface area contributed by atoms with Crippen LogP contribution in [0.15, 0.2) is 96.1 Å². The highest BCUT2D eigenvalue weighted by molar-refractivity contribution is 6.31. The van der Waals surface area contributed by atoms with Crippen molar-refractivity contribution in [1.29, 1.82) is 0 Å². The number of hydrazone groups is 1. The van der Waals surface area contributed by atoms with Gasteiger partial charge in [-0.3, -0.25) is 4.79 Å². The molecule has 9 heteroatoms. The molecule has 0 aliphatic rings. The van der Waals surface area contributed by atoms with Crippen LogP contribution in [0.2, 0.25) is 5.02 Å². The number of aromatic nitrogens is 1. The molecule has 0 aliphatic heterocycles. The van der Waals surface area contributed by atoms with Gasteiger partial charge >= 0.3 is 5.97 Å². The van der Waals surface area contributed by atoms with E-state index in [1.54, 1.807) is 30.3 Å². The molecule has 8 nitrogen and oxygen atoms in total. The largest absolute Gasteiger partial charge is 0.496 e. The van der Waals surface area contributed by atoms with E-state index < -0.39 is 5.97 Å². The minimum absolute atomic E-state index is 0.183. The fraction of sp³-hybridized carbons (Fsp3) is 0.0938. The SMILES string of the molecule is CCOc1cc(C=NNC(=O)c2[nH]c3ccccc3c2-c2ccccc2)ccc1OC(=O)c1cc(Cl)ccc1OC. The number of ether oxygens (including phenoxy) is 3. The van der Waals surface area contributed by atoms with Gasteiger partial charge in [-0.2, -0.15) is 5.10 Å². The third kappa shape index (κ3) is 6.08. The Morgan fingerprint density at radius 3 is 2.46 bits per heavy atom. The number of carbonyl (C=O) groups excluding carboxylic acids is 2. The number of aromatic amines is 1. The maximum absolute atomic E-state index is 13.2. The molecule has 0 atom stereocenters. The molecule has 5 aromatic rings. The molecule has 41 heavy (non-hydrogen) atoms. The normalized spacial score (nSPS) is 11.0. The molecule has 2 N–H and O–H groups in total. The number of H-pyrrole nitrogens is 1. The van der Waals surface area contributed by atoms with Crippen LogP contribution in [0.25, 0.3) is 22.0 Å². The molecule has 0 saturated heterocycles. The number of nitrogens with one attached hydrogen (secondary N) is 2. The number of benzene rings is 4. The summed E-state index contributed by atoms with van der Waals surface area (Å²) in [4.78, 5) is 29.3. The minimum atomic E-state index is -0.647. The summed E-state index contributed by atoms with van der Waals surface area (Å²) in [6.07, 6.45) is 1.48. The van der Waals surface area contributed by atoms with Crippen molar-refractivity contribution in [3.05, 3.63) is 113 Å². The van der Waals surface area contributed by atoms with Crippen molar-refractivity contribution in [3.63, 3.8) is 0 Å². The maximum atomic E-state index is 13.2. The van der Waals surface area contributed by atoms with Gasteiger partial charge in [0.1, 0.15) is 17.0 Å². The second-order valence-electron chi connectivity index (χ2n) is 8.86. The zero-order valence-electron chi connectivity index (χ0n) is 22.3. The molecule has 0 bridgehead atoms. The zero-order chi connectivity index (χ0) is 28.8. The Kier molecular flexibility index (Phi) is 8.31. The van der Waals surface area contributed by atoms with Gasteiger partial charge in [0, 0.05) is 21.5 Å². The Morgan fingerprint density at radius 2 is 1.68 bits per heavy atom. The summed E-state index contributed by atoms with van der Waals surface area (Å²) >= 11 is 6.06. The van der Waals surface area contributed by atoms with Gasteiger partial charge in [-0.25, -0.2) is 10.2 Å². The highest BCUT2D eigenvalue weighted by Crippen LogP contribution is 2.33. The van der Waals surface area contributed by atoms with Crippen molar-refractivity contribution in [2.45, 2.75) is 6.92 Å². The molecule has 0 aliphatic carbocycles. The lowest BCUT2D eigenvalue weighted by Gasteiger charge is -2.13. The maximum Gasteiger partial charge on any atom is 0.347 e. The van der Waals surface area contributed by atoms with Crippen LogP contribution < -0.4 is 19.6 Å². The molecule has 5 rings (SSSR count). The highest BCUT2D eigenvalue weighted by Gasteiger charge is 2.20. The number of amides is 1. The fourth-order valence-electron chi connectivity index (χ4n) is 4.39. The molecular formula is C32H26ClN3O5. The minimum Gasteiger partial charge on any atom is -0.496 e. The molecule has 1 amide bonds. The second kappa shape index (κ2) is 12.4. The van der Waals surface area contributed by atoms with E-state index in [-0.39, 0.29) is 17.2 Å². The monoisotopic (exact) mass is 567 g/mol. The van der Waals surface area contributed by atoms with E-state index in [1.807, 2.05) is 61.5 Å². The standard InChI is InChI=1S/C32H26ClN3O5/c1-3-40-28-17-20(13-15-27(28)41-32(38)24-18-22(33)14-16-26(24)39-2)19-34-36-31(37)30-29(21-9-5-4-6-10-21)23-11-7-8-12-25(23)35-30/h4-19,35H,3H2,1-2H3,(H,36,37). The smallest absolute Gasteiger partial charge is 0.347 e. The number of rotatable bonds is 9. The summed E-state index contributed by atoms with van der Waals surface area (Å²) in [5, 5.41) is 5.47. The lowest BCUT2D eigenvalue weighted by molar-refractivity contribution is 0.0724. The predicted octanol–water partition coefficient (Wildman–Crippen LogP) is 6.88. The average molecular weight is 568 g/mol. The van der Waals surface area contributed by atoms with Crippen LogP contribution in [-0.2, 0) is 0 Å². The first-order valence-electron chi connectivity index (χ1n) is 12.8. The summed E-state index contributed by atoms with van der Waals surface area (Å²) in [5.41, 5.74) is 6.38. The van der Waals surface area contributed by atoms with E-state index in [0.29, 0.717) is 34.4 Å². The van der Waals surface area contributed by atoms with Gasteiger partial charge in [-0.05, 0) is 60.5 Å². The van der Waals surface area contributed by atoms with Gasteiger partial charge in [0.2, 0.25) is 0 Å². The van der Waals surface area contributed by atoms with E-state index in [1.165, 1.54) is 19.4 Å². The first kappa shape index (κ1) is 27.5. The predicted molar refractivity (Wildman–Crippen MR) is 159 cm³/mol. The fourth-order valence-corrected chi connectivity index (χ4v) is 4.56. The third-order valence-electron chi connectivity index (χ3n) is 6.23. The first-order valence-corrected chi connectivity index (χ1v) is 13.2. The van der Waals surface area contributed by atoms with Gasteiger partial charge in [-0.1, -0.05) is 60.1 Å². The first-order chi connectivity index (χ1) is 20.0. The molecule has 1 aromatic heterocycles. The number of esters is 1. The van der Waals surface area contributed by atoms with Crippen LogP contribution in [0.3, 0.4) is 0 Å². The van der Waals surface area contributed by atoms with E-state index >= 15 is 0 Å². The zero-order valence-corrected chi connectivity index (χ0v) is 23.1. The number of carbonyl (C=O) groups is 2. The molecule has 1 heterocycles. The van der Waals surface area contributed by atoms with Crippen molar-refractivity contribution in [2.75, 3.05) is 13.7 Å². The lowest BCUT2D eigenvalue weighted by Crippen LogP contribution is -2.18. The van der Waals surface area contributed by atoms with Crippen LogP contribution in [-0.4, -0.2) is 36.8 Å². The number of hydrogen-bond donors (Lipinski definition) is 2. The third-order valence-corrected chi connectivity index (χ3v) is 6.46. The summed E-state index contributed by atoms with van der Waals surface area (Å²) in [6, 6.07) is 27.1. The van der Waals surface area contributed by atoms with Crippen molar-refractivity contribution in [3.8, 4) is 28.4 Å². The molecular weight excluding hydrogens is 542 g/mol. The van der Waals surface area contributed by atoms with E-state index in [2.05, 4.69) is 15.5 Å². The molecule has 0 fully saturated rings. The van der Waals surface area contributed by atoms with E-state index in [4.69, 9.17) is 25.8 Å². The number of halogens is 1. The van der Waals surface area contributed by atoms with Crippen LogP contribution in [0.1, 0.15) is 33.3 Å². The van der Waals surface area contributed by atoms with Gasteiger partial charge in [-0.15, -0.1) is 0 Å². The Morgan fingerprint density at radius 1 is 0.927 bits per heavy atom. The number of hydrogen-bond acceptors (Lipinski definition) is 6. The molecule has 4 aromatic carbocycles. The highest BCUT2D eigenvalue weighted by atomic mass is 35.5. The van der Waals surface area contributed by atoms with Gasteiger partial charge in [0.05, 0.1) is 19.9 Å². The molecule has 0 spiro atoms. The number of nitrogens with zero attached hydrogens (tertiary/aromatic N) is 1. The summed E-state index contributed by atoms with van der Waals surface area (Å²) in [7, 11) is 1.46. The van der Waals surface area contributed by atoms with E-state index in [0.717, 1.165) is 22.0 Å². The molecule has 0 saturated carbocycles. The van der Waals surface area contributed by atoms with Crippen molar-refractivity contribution in [1.82, 2.24) is 10.4 Å². The quantitative estimate of drug-likeness (QED) is 0.0875. The topological polar surface area (TPSA) is 102 Å². The van der Waals surface area contributed by atoms with Crippen molar-refractivity contribution in [2.24, 2.45) is 5.10 Å². The molecule has 0 unspecified atom stereocenters.